The maximum Gasteiger partial charge on any atom is 0.345 e. The molecule has 2 rings (SSSR count). The van der Waals surface area contributed by atoms with Crippen molar-refractivity contribution in [3.8, 4) is 0 Å². The molecule has 0 bridgehead atoms. The van der Waals surface area contributed by atoms with E-state index in [1.54, 1.807) is 26.1 Å². The maximum atomic E-state index is 12.2. The van der Waals surface area contributed by atoms with Crippen LogP contribution in [0.2, 0.25) is 0 Å². The summed E-state index contributed by atoms with van der Waals surface area (Å²) < 4.78 is 7.89. The molecule has 1 aromatic rings. The van der Waals surface area contributed by atoms with Crippen LogP contribution in [0.4, 0.5) is 0 Å². The van der Waals surface area contributed by atoms with E-state index in [-0.39, 0.29) is 30.3 Å². The van der Waals surface area contributed by atoms with Gasteiger partial charge in [-0.05, 0) is 13.5 Å². The largest absolute Gasteiger partial charge is 0.380 e. The molecule has 1 amide bonds. The van der Waals surface area contributed by atoms with Gasteiger partial charge in [-0.25, -0.2) is 9.48 Å². The Labute approximate surface area is 123 Å². The van der Waals surface area contributed by atoms with Gasteiger partial charge in [0.05, 0.1) is 6.10 Å². The van der Waals surface area contributed by atoms with Crippen LogP contribution in [0.5, 0.6) is 0 Å². The molecule has 1 aromatic heterocycles. The van der Waals surface area contributed by atoms with E-state index >= 15 is 0 Å². The standard InChI is InChI=1S/C13H23N5O3/c1-15-7-11(21-4)5-10(15)6-16(2)12(19)8-18-13(20)17(3)9-14-18/h9-11H,5-8H2,1-4H3/t10-,11-/m0/s1. The second-order valence-electron chi connectivity index (χ2n) is 5.64. The number of rotatable bonds is 5. The first-order chi connectivity index (χ1) is 9.92. The first-order valence-corrected chi connectivity index (χ1v) is 6.97. The van der Waals surface area contributed by atoms with Crippen molar-refractivity contribution in [3.63, 3.8) is 0 Å². The van der Waals surface area contributed by atoms with Crippen LogP contribution in [0.15, 0.2) is 11.1 Å². The molecule has 8 nitrogen and oxygen atoms in total. The molecule has 0 aliphatic carbocycles. The van der Waals surface area contributed by atoms with Crippen molar-refractivity contribution in [3.05, 3.63) is 16.8 Å². The van der Waals surface area contributed by atoms with Crippen LogP contribution in [0.3, 0.4) is 0 Å². The molecular formula is C13H23N5O3. The summed E-state index contributed by atoms with van der Waals surface area (Å²) in [4.78, 5) is 27.7. The molecule has 0 unspecified atom stereocenters. The molecule has 0 spiro atoms. The highest BCUT2D eigenvalue weighted by atomic mass is 16.5. The Kier molecular flexibility index (Phi) is 4.79. The smallest absolute Gasteiger partial charge is 0.345 e. The number of amides is 1. The van der Waals surface area contributed by atoms with Gasteiger partial charge in [-0.2, -0.15) is 5.10 Å². The van der Waals surface area contributed by atoms with E-state index in [9.17, 15) is 9.59 Å². The third-order valence-electron chi connectivity index (χ3n) is 4.07. The van der Waals surface area contributed by atoms with Crippen LogP contribution in [-0.4, -0.2) is 76.5 Å². The molecule has 0 saturated carbocycles. The van der Waals surface area contributed by atoms with Gasteiger partial charge < -0.3 is 9.64 Å². The van der Waals surface area contributed by atoms with E-state index in [1.807, 2.05) is 7.05 Å². The summed E-state index contributed by atoms with van der Waals surface area (Å²) in [5.74, 6) is -0.120. The number of carbonyl (C=O) groups is 1. The van der Waals surface area contributed by atoms with Crippen LogP contribution in [0, 0.1) is 0 Å². The van der Waals surface area contributed by atoms with Crippen LogP contribution >= 0.6 is 0 Å². The zero-order chi connectivity index (χ0) is 15.6. The van der Waals surface area contributed by atoms with Gasteiger partial charge in [0.2, 0.25) is 5.91 Å². The van der Waals surface area contributed by atoms with Gasteiger partial charge in [-0.3, -0.25) is 14.3 Å². The van der Waals surface area contributed by atoms with Crippen molar-refractivity contribution >= 4 is 5.91 Å². The summed E-state index contributed by atoms with van der Waals surface area (Å²) in [5.41, 5.74) is -0.283. The Bertz CT molecular complexity index is 552. The average Bonchev–Trinajstić information content (AvgIpc) is 2.96. The maximum absolute atomic E-state index is 12.2. The number of hydrogen-bond donors (Lipinski definition) is 0. The molecule has 0 N–H and O–H groups in total. The van der Waals surface area contributed by atoms with Crippen molar-refractivity contribution < 1.29 is 9.53 Å². The predicted octanol–water partition coefficient (Wildman–Crippen LogP) is -1.24. The normalized spacial score (nSPS) is 22.7. The number of hydrogen-bond acceptors (Lipinski definition) is 5. The summed E-state index contributed by atoms with van der Waals surface area (Å²) in [5, 5.41) is 3.90. The van der Waals surface area contributed by atoms with Gasteiger partial charge in [0.1, 0.15) is 12.9 Å². The number of ether oxygens (including phenoxy) is 1. The highest BCUT2D eigenvalue weighted by Crippen LogP contribution is 2.18. The van der Waals surface area contributed by atoms with Crippen molar-refractivity contribution in [2.45, 2.75) is 25.1 Å². The molecule has 0 radical (unpaired) electrons. The molecule has 1 fully saturated rings. The van der Waals surface area contributed by atoms with Gasteiger partial charge in [0, 0.05) is 40.3 Å². The van der Waals surface area contributed by atoms with Gasteiger partial charge in [0.25, 0.3) is 0 Å². The van der Waals surface area contributed by atoms with Crippen LogP contribution < -0.4 is 5.69 Å². The predicted molar refractivity (Wildman–Crippen MR) is 76.9 cm³/mol. The van der Waals surface area contributed by atoms with Gasteiger partial charge in [-0.15, -0.1) is 0 Å². The topological polar surface area (TPSA) is 72.6 Å². The third kappa shape index (κ3) is 3.51. The Morgan fingerprint density at radius 3 is 2.76 bits per heavy atom. The van der Waals surface area contributed by atoms with Crippen LogP contribution in [0.25, 0.3) is 0 Å². The quantitative estimate of drug-likeness (QED) is 0.680. The number of likely N-dealkylation sites (N-methyl/N-ethyl adjacent to an activating group) is 2. The number of likely N-dealkylation sites (tertiary alicyclic amines) is 1. The Morgan fingerprint density at radius 1 is 1.52 bits per heavy atom. The van der Waals surface area contributed by atoms with Crippen LogP contribution in [0.1, 0.15) is 6.42 Å². The van der Waals surface area contributed by atoms with Crippen molar-refractivity contribution in [2.24, 2.45) is 7.05 Å². The third-order valence-corrected chi connectivity index (χ3v) is 4.07. The second-order valence-corrected chi connectivity index (χ2v) is 5.64. The lowest BCUT2D eigenvalue weighted by molar-refractivity contribution is -0.131. The zero-order valence-corrected chi connectivity index (χ0v) is 13.0. The minimum Gasteiger partial charge on any atom is -0.380 e. The molecule has 8 heteroatoms. The Morgan fingerprint density at radius 2 is 2.24 bits per heavy atom. The number of methoxy groups -OCH3 is 1. The van der Waals surface area contributed by atoms with E-state index in [1.165, 1.54) is 15.6 Å². The molecule has 1 saturated heterocycles. The zero-order valence-electron chi connectivity index (χ0n) is 13.0. The number of carbonyl (C=O) groups excluding carboxylic acids is 1. The SMILES string of the molecule is CO[C@H]1C[C@@H](CN(C)C(=O)Cn2ncn(C)c2=O)N(C)C1. The fourth-order valence-corrected chi connectivity index (χ4v) is 2.61. The van der Waals surface area contributed by atoms with Crippen molar-refractivity contribution in [2.75, 3.05) is 34.3 Å². The first kappa shape index (κ1) is 15.7. The van der Waals surface area contributed by atoms with E-state index in [0.717, 1.165) is 13.0 Å². The summed E-state index contributed by atoms with van der Waals surface area (Å²) in [6.45, 7) is 1.47. The van der Waals surface area contributed by atoms with E-state index in [2.05, 4.69) is 10.00 Å². The summed E-state index contributed by atoms with van der Waals surface area (Å²) >= 11 is 0. The van der Waals surface area contributed by atoms with E-state index < -0.39 is 0 Å². The van der Waals surface area contributed by atoms with Crippen molar-refractivity contribution in [1.82, 2.24) is 24.1 Å². The lowest BCUT2D eigenvalue weighted by Gasteiger charge is -2.25. The summed E-state index contributed by atoms with van der Waals surface area (Å²) in [7, 11) is 7.11. The Balaban J connectivity index is 1.91. The number of aromatic nitrogens is 3. The molecular weight excluding hydrogens is 274 g/mol. The van der Waals surface area contributed by atoms with Gasteiger partial charge in [0.15, 0.2) is 0 Å². The van der Waals surface area contributed by atoms with E-state index in [0.29, 0.717) is 6.54 Å². The highest BCUT2D eigenvalue weighted by Gasteiger charge is 2.31. The van der Waals surface area contributed by atoms with Crippen LogP contribution in [-0.2, 0) is 23.1 Å². The fraction of sp³-hybridized carbons (Fsp3) is 0.769. The minimum absolute atomic E-state index is 0.0275. The van der Waals surface area contributed by atoms with E-state index in [4.69, 9.17) is 4.74 Å². The lowest BCUT2D eigenvalue weighted by atomic mass is 10.2. The summed E-state index contributed by atoms with van der Waals surface area (Å²) in [6, 6.07) is 0.282. The minimum atomic E-state index is -0.283. The monoisotopic (exact) mass is 297 g/mol. The molecule has 1 aliphatic heterocycles. The molecule has 2 heterocycles. The average molecular weight is 297 g/mol. The molecule has 21 heavy (non-hydrogen) atoms. The second kappa shape index (κ2) is 6.40. The Hall–Kier alpha value is -1.67. The van der Waals surface area contributed by atoms with Gasteiger partial charge in [-0.1, -0.05) is 0 Å². The lowest BCUT2D eigenvalue weighted by Crippen LogP contribution is -2.42. The molecule has 118 valence electrons. The van der Waals surface area contributed by atoms with Crippen molar-refractivity contribution in [1.29, 1.82) is 0 Å². The first-order valence-electron chi connectivity index (χ1n) is 6.97. The molecule has 2 atom stereocenters. The fourth-order valence-electron chi connectivity index (χ4n) is 2.61. The highest BCUT2D eigenvalue weighted by molar-refractivity contribution is 5.75. The number of aryl methyl sites for hydroxylation is 1. The molecule has 0 aromatic carbocycles. The number of nitrogens with zero attached hydrogens (tertiary/aromatic N) is 5. The van der Waals surface area contributed by atoms with Gasteiger partial charge >= 0.3 is 5.69 Å². The summed E-state index contributed by atoms with van der Waals surface area (Å²) in [6.07, 6.45) is 2.54. The molecule has 1 aliphatic rings.